The lowest BCUT2D eigenvalue weighted by Crippen LogP contribution is -2.39. The van der Waals surface area contributed by atoms with E-state index < -0.39 is 15.5 Å². The number of fused-ring (bicyclic) bond motifs is 4. The largest absolute Gasteiger partial charge is 0.511 e. The molecule has 0 aromatic carbocycles. The van der Waals surface area contributed by atoms with Gasteiger partial charge in [0.2, 0.25) is 0 Å². The van der Waals surface area contributed by atoms with E-state index in [9.17, 15) is 21.6 Å². The van der Waals surface area contributed by atoms with Gasteiger partial charge < -0.3 is 5.73 Å². The van der Waals surface area contributed by atoms with Crippen LogP contribution in [-0.4, -0.2) is 27.0 Å². The van der Waals surface area contributed by atoms with Crippen LogP contribution in [0.1, 0.15) is 25.7 Å². The quantitative estimate of drug-likeness (QED) is 0.739. The molecule has 0 aliphatic heterocycles. The molecule has 142 valence electrons. The second-order valence-electron chi connectivity index (χ2n) is 7.61. The lowest BCUT2D eigenvalue weighted by atomic mass is 9.94. The average Bonchev–Trinajstić information content (AvgIpc) is 3.32. The molecule has 0 aromatic heterocycles. The normalized spacial score (nSPS) is 38.2. The number of rotatable bonds is 4. The second-order valence-corrected chi connectivity index (χ2v) is 9.37. The first-order chi connectivity index (χ1) is 11.7. The Morgan fingerprint density at radius 2 is 1.44 bits per heavy atom. The maximum Gasteiger partial charge on any atom is 0.511 e. The summed E-state index contributed by atoms with van der Waals surface area (Å²) >= 11 is 0. The van der Waals surface area contributed by atoms with Gasteiger partial charge in [0, 0.05) is 6.54 Å². The lowest BCUT2D eigenvalue weighted by Gasteiger charge is -2.18. The van der Waals surface area contributed by atoms with Gasteiger partial charge in [-0.25, -0.2) is 13.1 Å². The summed E-state index contributed by atoms with van der Waals surface area (Å²) < 4.78 is 59.3. The van der Waals surface area contributed by atoms with Crippen molar-refractivity contribution >= 4 is 10.0 Å². The minimum absolute atomic E-state index is 0.00660. The third-order valence-electron chi connectivity index (χ3n) is 5.98. The van der Waals surface area contributed by atoms with Crippen molar-refractivity contribution in [3.8, 4) is 0 Å². The predicted octanol–water partition coefficient (Wildman–Crippen LogP) is 2.80. The molecule has 2 saturated carbocycles. The zero-order valence-electron chi connectivity index (χ0n) is 14.0. The highest BCUT2D eigenvalue weighted by molar-refractivity contribution is 7.90. The highest BCUT2D eigenvalue weighted by atomic mass is 32.2. The van der Waals surface area contributed by atoms with Crippen molar-refractivity contribution in [3.05, 3.63) is 24.3 Å². The van der Waals surface area contributed by atoms with Crippen LogP contribution in [0.5, 0.6) is 0 Å². The number of hydrogen-bond donors (Lipinski definition) is 2. The zero-order chi connectivity index (χ0) is 18.2. The summed E-state index contributed by atoms with van der Waals surface area (Å²) in [4.78, 5) is 0. The molecule has 4 aliphatic carbocycles. The standard InChI is InChI=1S/C9H12F3NO2S.C8H13N/c10-9(11,12)16(14,15)13-5-8-4-6-1-2-7(8)3-6;9-5-8-4-6-1-2-7(8)3-6/h1-2,6-8,13H,3-5H2;1-2,6-8H,3-5,9H2. The van der Waals surface area contributed by atoms with Gasteiger partial charge >= 0.3 is 15.5 Å². The molecule has 4 nitrogen and oxygen atoms in total. The van der Waals surface area contributed by atoms with Gasteiger partial charge in [0.05, 0.1) is 0 Å². The summed E-state index contributed by atoms with van der Waals surface area (Å²) in [5.74, 6) is 3.22. The van der Waals surface area contributed by atoms with Crippen molar-refractivity contribution in [2.75, 3.05) is 13.1 Å². The monoisotopic (exact) mass is 378 g/mol. The van der Waals surface area contributed by atoms with Gasteiger partial charge in [-0.2, -0.15) is 13.2 Å². The van der Waals surface area contributed by atoms with Gasteiger partial charge in [0.15, 0.2) is 0 Å². The predicted molar refractivity (Wildman–Crippen MR) is 89.7 cm³/mol. The third-order valence-corrected chi connectivity index (χ3v) is 7.13. The number of halogens is 3. The van der Waals surface area contributed by atoms with Gasteiger partial charge in [-0.15, -0.1) is 0 Å². The molecule has 0 amide bonds. The first-order valence-corrected chi connectivity index (χ1v) is 10.3. The Bertz CT molecular complexity index is 645. The lowest BCUT2D eigenvalue weighted by molar-refractivity contribution is -0.0448. The number of nitrogens with one attached hydrogen (secondary N) is 1. The van der Waals surface area contributed by atoms with Crippen LogP contribution in [0.15, 0.2) is 24.3 Å². The molecular formula is C17H25F3N2O2S. The molecule has 4 aliphatic rings. The molecule has 8 heteroatoms. The molecular weight excluding hydrogens is 353 g/mol. The summed E-state index contributed by atoms with van der Waals surface area (Å²) in [6.07, 6.45) is 13.2. The third kappa shape index (κ3) is 4.11. The molecule has 0 spiro atoms. The Labute approximate surface area is 146 Å². The van der Waals surface area contributed by atoms with Crippen molar-refractivity contribution in [1.29, 1.82) is 0 Å². The molecule has 0 saturated heterocycles. The molecule has 4 rings (SSSR count). The summed E-state index contributed by atoms with van der Waals surface area (Å²) in [6.45, 7) is 0.777. The summed E-state index contributed by atoms with van der Waals surface area (Å²) in [5, 5.41) is 0. The first kappa shape index (κ1) is 18.9. The van der Waals surface area contributed by atoms with Crippen LogP contribution < -0.4 is 10.5 Å². The smallest absolute Gasteiger partial charge is 0.330 e. The fourth-order valence-electron chi connectivity index (χ4n) is 4.59. The van der Waals surface area contributed by atoms with Crippen LogP contribution in [0.3, 0.4) is 0 Å². The molecule has 2 fully saturated rings. The molecule has 4 bridgehead atoms. The minimum Gasteiger partial charge on any atom is -0.330 e. The molecule has 0 aromatic rings. The van der Waals surface area contributed by atoms with Crippen LogP contribution in [0.4, 0.5) is 13.2 Å². The molecule has 0 radical (unpaired) electrons. The van der Waals surface area contributed by atoms with E-state index in [1.54, 1.807) is 4.72 Å². The maximum atomic E-state index is 12.0. The molecule has 0 heterocycles. The molecule has 25 heavy (non-hydrogen) atoms. The van der Waals surface area contributed by atoms with E-state index >= 15 is 0 Å². The zero-order valence-corrected chi connectivity index (χ0v) is 14.8. The Balaban J connectivity index is 0.000000170. The van der Waals surface area contributed by atoms with Gasteiger partial charge in [0.1, 0.15) is 0 Å². The van der Waals surface area contributed by atoms with Crippen LogP contribution >= 0.6 is 0 Å². The maximum absolute atomic E-state index is 12.0. The fourth-order valence-corrected chi connectivity index (χ4v) is 5.19. The number of sulfonamides is 1. The van der Waals surface area contributed by atoms with E-state index in [1.807, 2.05) is 6.08 Å². The van der Waals surface area contributed by atoms with Crippen molar-refractivity contribution in [2.24, 2.45) is 41.2 Å². The van der Waals surface area contributed by atoms with Crippen molar-refractivity contribution in [2.45, 2.75) is 31.2 Å². The average molecular weight is 378 g/mol. The van der Waals surface area contributed by atoms with E-state index in [1.165, 1.54) is 12.8 Å². The highest BCUT2D eigenvalue weighted by Gasteiger charge is 2.46. The topological polar surface area (TPSA) is 72.2 Å². The Hall–Kier alpha value is -0.860. The number of nitrogens with two attached hydrogens (primary N) is 1. The van der Waals surface area contributed by atoms with E-state index in [-0.39, 0.29) is 18.4 Å². The van der Waals surface area contributed by atoms with Gasteiger partial charge in [-0.1, -0.05) is 24.3 Å². The number of alkyl halides is 3. The molecule has 3 N–H and O–H groups in total. The van der Waals surface area contributed by atoms with E-state index in [0.29, 0.717) is 5.92 Å². The first-order valence-electron chi connectivity index (χ1n) is 8.82. The minimum atomic E-state index is -5.21. The van der Waals surface area contributed by atoms with E-state index in [4.69, 9.17) is 5.73 Å². The van der Waals surface area contributed by atoms with E-state index in [2.05, 4.69) is 18.2 Å². The van der Waals surface area contributed by atoms with Crippen molar-refractivity contribution in [1.82, 2.24) is 4.72 Å². The Morgan fingerprint density at radius 3 is 1.76 bits per heavy atom. The van der Waals surface area contributed by atoms with Crippen molar-refractivity contribution in [3.63, 3.8) is 0 Å². The fraction of sp³-hybridized carbons (Fsp3) is 0.765. The van der Waals surface area contributed by atoms with Crippen LogP contribution in [-0.2, 0) is 10.0 Å². The Kier molecular flexibility index (Phi) is 5.33. The summed E-state index contributed by atoms with van der Waals surface area (Å²) in [6, 6.07) is 0. The molecule has 6 unspecified atom stereocenters. The van der Waals surface area contributed by atoms with Crippen LogP contribution in [0.25, 0.3) is 0 Å². The number of hydrogen-bond acceptors (Lipinski definition) is 3. The van der Waals surface area contributed by atoms with Crippen LogP contribution in [0.2, 0.25) is 0 Å². The summed E-state index contributed by atoms with van der Waals surface area (Å²) in [7, 11) is -5.18. The molecule has 6 atom stereocenters. The van der Waals surface area contributed by atoms with Gasteiger partial charge in [-0.3, -0.25) is 0 Å². The summed E-state index contributed by atoms with van der Waals surface area (Å²) in [5.41, 5.74) is 0.379. The van der Waals surface area contributed by atoms with Gasteiger partial charge in [0.25, 0.3) is 0 Å². The SMILES string of the molecule is NCC1CC2C=CC1C2.O=S(=O)(NCC1CC2C=CC1C2)C(F)(F)F. The second kappa shape index (κ2) is 7.04. The Morgan fingerprint density at radius 1 is 0.920 bits per heavy atom. The number of allylic oxidation sites excluding steroid dienone is 4. The van der Waals surface area contributed by atoms with Gasteiger partial charge in [-0.05, 0) is 67.7 Å². The van der Waals surface area contributed by atoms with Crippen molar-refractivity contribution < 1.29 is 21.6 Å². The van der Waals surface area contributed by atoms with Crippen LogP contribution in [0, 0.1) is 35.5 Å². The highest BCUT2D eigenvalue weighted by Crippen LogP contribution is 2.43. The van der Waals surface area contributed by atoms with E-state index in [0.717, 1.165) is 37.1 Å².